The Kier molecular flexibility index (Phi) is 3.61. The Labute approximate surface area is 91.1 Å². The molecule has 2 nitrogen and oxygen atoms in total. The summed E-state index contributed by atoms with van der Waals surface area (Å²) in [5.41, 5.74) is 2.61. The third kappa shape index (κ3) is 2.09. The van der Waals surface area contributed by atoms with E-state index in [1.165, 1.54) is 0 Å². The Bertz CT molecular complexity index is 370. The molecule has 82 valence electrons. The molecule has 0 fully saturated rings. The fourth-order valence-corrected chi connectivity index (χ4v) is 1.81. The normalized spacial score (nSPS) is 17.9. The van der Waals surface area contributed by atoms with Crippen molar-refractivity contribution in [3.8, 4) is 0 Å². The molecule has 0 bridgehead atoms. The number of hydrogen-bond donors (Lipinski definition) is 0. The van der Waals surface area contributed by atoms with Crippen molar-refractivity contribution >= 4 is 11.6 Å². The van der Waals surface area contributed by atoms with E-state index in [4.69, 9.17) is 0 Å². The predicted octanol–water partition coefficient (Wildman–Crippen LogP) is 2.98. The molecule has 0 saturated carbocycles. The van der Waals surface area contributed by atoms with E-state index < -0.39 is 0 Å². The van der Waals surface area contributed by atoms with Crippen molar-refractivity contribution < 1.29 is 9.59 Å². The third-order valence-corrected chi connectivity index (χ3v) is 3.09. The van der Waals surface area contributed by atoms with E-state index in [9.17, 15) is 9.59 Å². The largest absolute Gasteiger partial charge is 0.289 e. The van der Waals surface area contributed by atoms with Gasteiger partial charge in [-0.05, 0) is 33.6 Å². The number of hydrogen-bond acceptors (Lipinski definition) is 2. The first-order valence-corrected chi connectivity index (χ1v) is 5.47. The molecule has 0 aromatic heterocycles. The van der Waals surface area contributed by atoms with Gasteiger partial charge < -0.3 is 0 Å². The Balaban J connectivity index is 3.05. The first kappa shape index (κ1) is 11.9. The van der Waals surface area contributed by atoms with Gasteiger partial charge in [0, 0.05) is 22.3 Å². The van der Waals surface area contributed by atoms with E-state index in [0.29, 0.717) is 16.7 Å². The molecular formula is C13H18O2. The van der Waals surface area contributed by atoms with Gasteiger partial charge in [0.1, 0.15) is 0 Å². The van der Waals surface area contributed by atoms with Crippen LogP contribution in [0, 0.1) is 0 Å². The molecule has 0 atom stereocenters. The quantitative estimate of drug-likeness (QED) is 0.665. The zero-order valence-electron chi connectivity index (χ0n) is 9.94. The van der Waals surface area contributed by atoms with E-state index in [-0.39, 0.29) is 11.6 Å². The van der Waals surface area contributed by atoms with Crippen molar-refractivity contribution in [2.75, 3.05) is 0 Å². The topological polar surface area (TPSA) is 34.1 Å². The average molecular weight is 206 g/mol. The molecule has 0 radical (unpaired) electrons. The van der Waals surface area contributed by atoms with Crippen LogP contribution in [0.5, 0.6) is 0 Å². The van der Waals surface area contributed by atoms with Gasteiger partial charge in [0.25, 0.3) is 0 Å². The number of rotatable bonds is 3. The summed E-state index contributed by atoms with van der Waals surface area (Å²) in [6, 6.07) is 0. The standard InChI is InChI=1S/C13H18O2/c1-5-6-7-11-10(4)12(14)8(2)9(3)13(11)15/h5-7H2,1-4H3. The van der Waals surface area contributed by atoms with Crippen LogP contribution in [-0.2, 0) is 9.59 Å². The smallest absolute Gasteiger partial charge is 0.185 e. The van der Waals surface area contributed by atoms with E-state index in [0.717, 1.165) is 24.8 Å². The Morgan fingerprint density at radius 1 is 0.867 bits per heavy atom. The predicted molar refractivity (Wildman–Crippen MR) is 60.6 cm³/mol. The van der Waals surface area contributed by atoms with Crippen LogP contribution in [0.25, 0.3) is 0 Å². The van der Waals surface area contributed by atoms with Gasteiger partial charge in [-0.1, -0.05) is 13.3 Å². The first-order valence-electron chi connectivity index (χ1n) is 5.47. The Hall–Kier alpha value is -1.18. The lowest BCUT2D eigenvalue weighted by molar-refractivity contribution is -0.116. The fraction of sp³-hybridized carbons (Fsp3) is 0.538. The van der Waals surface area contributed by atoms with Crippen LogP contribution < -0.4 is 0 Å². The van der Waals surface area contributed by atoms with Gasteiger partial charge in [0.2, 0.25) is 0 Å². The molecule has 2 heteroatoms. The van der Waals surface area contributed by atoms with Gasteiger partial charge in [-0.15, -0.1) is 0 Å². The lowest BCUT2D eigenvalue weighted by atomic mass is 9.84. The molecule has 1 aliphatic carbocycles. The lowest BCUT2D eigenvalue weighted by Crippen LogP contribution is -2.20. The molecule has 0 aromatic carbocycles. The first-order chi connectivity index (χ1) is 7.00. The summed E-state index contributed by atoms with van der Waals surface area (Å²) in [7, 11) is 0. The van der Waals surface area contributed by atoms with Gasteiger partial charge >= 0.3 is 0 Å². The van der Waals surface area contributed by atoms with Crippen molar-refractivity contribution in [3.63, 3.8) is 0 Å². The maximum atomic E-state index is 11.9. The second-order valence-corrected chi connectivity index (χ2v) is 4.12. The summed E-state index contributed by atoms with van der Waals surface area (Å²) in [6.45, 7) is 7.32. The SMILES string of the molecule is CCCCC1=C(C)C(=O)C(C)=C(C)C1=O. The summed E-state index contributed by atoms with van der Waals surface area (Å²) in [4.78, 5) is 23.7. The fourth-order valence-electron chi connectivity index (χ4n) is 1.81. The second kappa shape index (κ2) is 4.56. The van der Waals surface area contributed by atoms with Gasteiger partial charge in [0.05, 0.1) is 0 Å². The van der Waals surface area contributed by atoms with E-state index in [2.05, 4.69) is 6.92 Å². The Morgan fingerprint density at radius 3 is 1.93 bits per heavy atom. The van der Waals surface area contributed by atoms with Crippen molar-refractivity contribution in [3.05, 3.63) is 22.3 Å². The molecule has 1 aliphatic rings. The highest BCUT2D eigenvalue weighted by Gasteiger charge is 2.26. The molecular weight excluding hydrogens is 188 g/mol. The number of carbonyl (C=O) groups is 2. The van der Waals surface area contributed by atoms with Crippen LogP contribution in [0.2, 0.25) is 0 Å². The zero-order chi connectivity index (χ0) is 11.6. The molecule has 0 aliphatic heterocycles. The van der Waals surface area contributed by atoms with E-state index in [1.54, 1.807) is 20.8 Å². The summed E-state index contributed by atoms with van der Waals surface area (Å²) in [6.07, 6.45) is 2.75. The number of Topliss-reactive ketones (excluding diaryl/α,β-unsaturated/α-hetero) is 2. The molecule has 0 unspecified atom stereocenters. The average Bonchev–Trinajstić information content (AvgIpc) is 2.24. The summed E-state index contributed by atoms with van der Waals surface area (Å²) >= 11 is 0. The van der Waals surface area contributed by atoms with Crippen LogP contribution in [0.4, 0.5) is 0 Å². The van der Waals surface area contributed by atoms with Crippen molar-refractivity contribution in [2.24, 2.45) is 0 Å². The molecule has 1 rings (SSSR count). The van der Waals surface area contributed by atoms with E-state index >= 15 is 0 Å². The van der Waals surface area contributed by atoms with Crippen LogP contribution in [-0.4, -0.2) is 11.6 Å². The minimum Gasteiger partial charge on any atom is -0.289 e. The summed E-state index contributed by atoms with van der Waals surface area (Å²) < 4.78 is 0. The highest BCUT2D eigenvalue weighted by atomic mass is 16.1. The highest BCUT2D eigenvalue weighted by molar-refractivity contribution is 6.24. The minimum atomic E-state index is 0.0400. The number of carbonyl (C=O) groups excluding carboxylic acids is 2. The van der Waals surface area contributed by atoms with E-state index in [1.807, 2.05) is 0 Å². The zero-order valence-corrected chi connectivity index (χ0v) is 9.94. The van der Waals surface area contributed by atoms with Crippen LogP contribution in [0.3, 0.4) is 0 Å². The van der Waals surface area contributed by atoms with Crippen LogP contribution >= 0.6 is 0 Å². The minimum absolute atomic E-state index is 0.0400. The number of unbranched alkanes of at least 4 members (excludes halogenated alkanes) is 1. The lowest BCUT2D eigenvalue weighted by Gasteiger charge is -2.18. The van der Waals surface area contributed by atoms with Crippen LogP contribution in [0.15, 0.2) is 22.3 Å². The van der Waals surface area contributed by atoms with Crippen molar-refractivity contribution in [1.82, 2.24) is 0 Å². The number of allylic oxidation sites excluding steroid dienone is 4. The van der Waals surface area contributed by atoms with Gasteiger partial charge in [-0.25, -0.2) is 0 Å². The molecule has 0 saturated heterocycles. The summed E-state index contributed by atoms with van der Waals surface area (Å²) in [5, 5.41) is 0. The summed E-state index contributed by atoms with van der Waals surface area (Å²) in [5.74, 6) is 0.108. The molecule has 0 heterocycles. The van der Waals surface area contributed by atoms with Gasteiger partial charge in [-0.2, -0.15) is 0 Å². The molecule has 0 spiro atoms. The van der Waals surface area contributed by atoms with Gasteiger partial charge in [0.15, 0.2) is 11.6 Å². The van der Waals surface area contributed by atoms with Crippen molar-refractivity contribution in [2.45, 2.75) is 47.0 Å². The monoisotopic (exact) mass is 206 g/mol. The highest BCUT2D eigenvalue weighted by Crippen LogP contribution is 2.27. The molecule has 0 amide bonds. The van der Waals surface area contributed by atoms with Crippen LogP contribution in [0.1, 0.15) is 47.0 Å². The maximum Gasteiger partial charge on any atom is 0.185 e. The number of ketones is 2. The Morgan fingerprint density at radius 2 is 1.40 bits per heavy atom. The third-order valence-electron chi connectivity index (χ3n) is 3.09. The maximum absolute atomic E-state index is 11.9. The molecule has 0 aromatic rings. The van der Waals surface area contributed by atoms with Gasteiger partial charge in [-0.3, -0.25) is 9.59 Å². The second-order valence-electron chi connectivity index (χ2n) is 4.12. The molecule has 0 N–H and O–H groups in total. The van der Waals surface area contributed by atoms with Crippen molar-refractivity contribution in [1.29, 1.82) is 0 Å². The molecule has 15 heavy (non-hydrogen) atoms.